The largest absolute Gasteiger partial charge is 0.497 e. The van der Waals surface area contributed by atoms with Gasteiger partial charge < -0.3 is 15.0 Å². The third-order valence-electron chi connectivity index (χ3n) is 5.14. The number of rotatable bonds is 6. The van der Waals surface area contributed by atoms with Crippen LogP contribution in [-0.2, 0) is 6.54 Å². The molecular formula is C25H24N4O2. The number of fused-ring (bicyclic) bond motifs is 1. The van der Waals surface area contributed by atoms with Gasteiger partial charge in [-0.25, -0.2) is 4.98 Å². The maximum atomic E-state index is 12.8. The first-order chi connectivity index (χ1) is 15.0. The Balaban J connectivity index is 1.56. The summed E-state index contributed by atoms with van der Waals surface area (Å²) >= 11 is 0. The highest BCUT2D eigenvalue weighted by Crippen LogP contribution is 2.28. The summed E-state index contributed by atoms with van der Waals surface area (Å²) < 4.78 is 5.24. The Labute approximate surface area is 181 Å². The van der Waals surface area contributed by atoms with Crippen molar-refractivity contribution in [1.29, 1.82) is 0 Å². The van der Waals surface area contributed by atoms with E-state index in [1.165, 1.54) is 0 Å². The molecule has 0 unspecified atom stereocenters. The predicted octanol–water partition coefficient (Wildman–Crippen LogP) is 4.30. The number of pyridine rings is 2. The van der Waals surface area contributed by atoms with Gasteiger partial charge in [0.15, 0.2) is 0 Å². The van der Waals surface area contributed by atoms with E-state index in [4.69, 9.17) is 4.74 Å². The Morgan fingerprint density at radius 2 is 1.71 bits per heavy atom. The molecule has 0 fully saturated rings. The SMILES string of the molecule is COc1ccc(-c2cncc3ccc(C(=O)NCc4ccc(N(C)C)cc4)nc23)cc1. The van der Waals surface area contributed by atoms with Crippen LogP contribution < -0.4 is 15.0 Å². The van der Waals surface area contributed by atoms with Gasteiger partial charge in [0.05, 0.1) is 12.6 Å². The minimum atomic E-state index is -0.212. The Bertz CT molecular complexity index is 1200. The van der Waals surface area contributed by atoms with Crippen molar-refractivity contribution < 1.29 is 9.53 Å². The lowest BCUT2D eigenvalue weighted by Crippen LogP contribution is -2.23. The molecule has 2 heterocycles. The van der Waals surface area contributed by atoms with Gasteiger partial charge in [0.2, 0.25) is 0 Å². The summed E-state index contributed by atoms with van der Waals surface area (Å²) in [5.41, 5.74) is 5.09. The molecule has 1 N–H and O–H groups in total. The Hall–Kier alpha value is -3.93. The van der Waals surface area contributed by atoms with Crippen molar-refractivity contribution in [2.75, 3.05) is 26.1 Å². The van der Waals surface area contributed by atoms with Crippen LogP contribution in [0, 0.1) is 0 Å². The van der Waals surface area contributed by atoms with E-state index in [9.17, 15) is 4.79 Å². The molecule has 2 aromatic carbocycles. The number of aromatic nitrogens is 2. The Kier molecular flexibility index (Phi) is 5.80. The summed E-state index contributed by atoms with van der Waals surface area (Å²) in [5.74, 6) is 0.569. The number of hydrogen-bond donors (Lipinski definition) is 1. The molecule has 0 aliphatic rings. The highest BCUT2D eigenvalue weighted by atomic mass is 16.5. The number of methoxy groups -OCH3 is 1. The summed E-state index contributed by atoms with van der Waals surface area (Å²) in [5, 5.41) is 3.83. The third-order valence-corrected chi connectivity index (χ3v) is 5.14. The van der Waals surface area contributed by atoms with Crippen molar-refractivity contribution in [3.8, 4) is 16.9 Å². The molecule has 6 heteroatoms. The number of hydrogen-bond acceptors (Lipinski definition) is 5. The summed E-state index contributed by atoms with van der Waals surface area (Å²) in [6, 6.07) is 19.4. The standard InChI is InChI=1S/C25H24N4O2/c1-29(2)20-9-4-17(5-10-20)14-27-25(30)23-13-8-19-15-26-16-22(24(19)28-23)18-6-11-21(31-3)12-7-18/h4-13,15-16H,14H2,1-3H3,(H,27,30). The molecule has 0 saturated heterocycles. The van der Waals surface area contributed by atoms with Crippen LogP contribution in [0.1, 0.15) is 16.1 Å². The van der Waals surface area contributed by atoms with Crippen LogP contribution in [0.2, 0.25) is 0 Å². The van der Waals surface area contributed by atoms with E-state index in [2.05, 4.69) is 15.3 Å². The number of carbonyl (C=O) groups excluding carboxylic acids is 1. The van der Waals surface area contributed by atoms with Crippen LogP contribution in [-0.4, -0.2) is 37.1 Å². The number of anilines is 1. The molecule has 0 bridgehead atoms. The van der Waals surface area contributed by atoms with Crippen LogP contribution in [0.3, 0.4) is 0 Å². The van der Waals surface area contributed by atoms with Crippen molar-refractivity contribution in [3.05, 3.63) is 84.3 Å². The highest BCUT2D eigenvalue weighted by Gasteiger charge is 2.12. The average Bonchev–Trinajstić information content (AvgIpc) is 2.82. The van der Waals surface area contributed by atoms with E-state index >= 15 is 0 Å². The molecule has 0 spiro atoms. The van der Waals surface area contributed by atoms with Gasteiger partial charge in [-0.2, -0.15) is 0 Å². The summed E-state index contributed by atoms with van der Waals surface area (Å²) in [6.45, 7) is 0.438. The van der Waals surface area contributed by atoms with E-state index in [-0.39, 0.29) is 5.91 Å². The number of ether oxygens (including phenoxy) is 1. The number of benzene rings is 2. The topological polar surface area (TPSA) is 67.3 Å². The van der Waals surface area contributed by atoms with Gasteiger partial charge in [0, 0.05) is 49.7 Å². The smallest absolute Gasteiger partial charge is 0.270 e. The van der Waals surface area contributed by atoms with Crippen LogP contribution in [0.5, 0.6) is 5.75 Å². The molecule has 0 saturated carbocycles. The minimum absolute atomic E-state index is 0.212. The molecule has 2 aromatic heterocycles. The first-order valence-electron chi connectivity index (χ1n) is 9.99. The normalized spacial score (nSPS) is 10.7. The molecule has 4 aromatic rings. The van der Waals surface area contributed by atoms with Gasteiger partial charge in [-0.15, -0.1) is 0 Å². The van der Waals surface area contributed by atoms with Gasteiger partial charge in [-0.05, 0) is 47.5 Å². The Morgan fingerprint density at radius 1 is 0.968 bits per heavy atom. The van der Waals surface area contributed by atoms with E-state index in [0.717, 1.165) is 39.0 Å². The van der Waals surface area contributed by atoms with Crippen LogP contribution in [0.4, 0.5) is 5.69 Å². The molecule has 6 nitrogen and oxygen atoms in total. The summed E-state index contributed by atoms with van der Waals surface area (Å²) in [7, 11) is 5.63. The van der Waals surface area contributed by atoms with Gasteiger partial charge in [-0.1, -0.05) is 24.3 Å². The molecule has 0 aliphatic heterocycles. The lowest BCUT2D eigenvalue weighted by Gasteiger charge is -2.13. The maximum Gasteiger partial charge on any atom is 0.270 e. The fourth-order valence-electron chi connectivity index (χ4n) is 3.34. The van der Waals surface area contributed by atoms with Crippen molar-refractivity contribution >= 4 is 22.5 Å². The van der Waals surface area contributed by atoms with E-state index in [1.54, 1.807) is 25.6 Å². The molecule has 4 rings (SSSR count). The fraction of sp³-hybridized carbons (Fsp3) is 0.160. The van der Waals surface area contributed by atoms with Crippen LogP contribution >= 0.6 is 0 Å². The van der Waals surface area contributed by atoms with E-state index in [0.29, 0.717) is 12.2 Å². The molecule has 31 heavy (non-hydrogen) atoms. The Morgan fingerprint density at radius 3 is 2.39 bits per heavy atom. The average molecular weight is 412 g/mol. The van der Waals surface area contributed by atoms with Crippen molar-refractivity contribution in [3.63, 3.8) is 0 Å². The van der Waals surface area contributed by atoms with Crippen LogP contribution in [0.25, 0.3) is 22.0 Å². The quantitative estimate of drug-likeness (QED) is 0.511. The van der Waals surface area contributed by atoms with E-state index in [1.807, 2.05) is 73.6 Å². The zero-order valence-electron chi connectivity index (χ0n) is 17.8. The molecule has 156 valence electrons. The number of amides is 1. The zero-order chi connectivity index (χ0) is 21.8. The number of nitrogens with zero attached hydrogens (tertiary/aromatic N) is 3. The van der Waals surface area contributed by atoms with Crippen LogP contribution in [0.15, 0.2) is 73.1 Å². The molecule has 1 amide bonds. The lowest BCUT2D eigenvalue weighted by molar-refractivity contribution is 0.0946. The molecule has 0 atom stereocenters. The third kappa shape index (κ3) is 4.48. The van der Waals surface area contributed by atoms with Crippen molar-refractivity contribution in [2.45, 2.75) is 6.54 Å². The maximum absolute atomic E-state index is 12.8. The first-order valence-corrected chi connectivity index (χ1v) is 9.99. The number of carbonyl (C=O) groups is 1. The number of nitrogens with one attached hydrogen (secondary N) is 1. The first kappa shape index (κ1) is 20.3. The van der Waals surface area contributed by atoms with E-state index < -0.39 is 0 Å². The molecular weight excluding hydrogens is 388 g/mol. The second kappa shape index (κ2) is 8.83. The predicted molar refractivity (Wildman–Crippen MR) is 123 cm³/mol. The van der Waals surface area contributed by atoms with Gasteiger partial charge in [-0.3, -0.25) is 9.78 Å². The highest BCUT2D eigenvalue weighted by molar-refractivity contribution is 5.98. The lowest BCUT2D eigenvalue weighted by atomic mass is 10.0. The van der Waals surface area contributed by atoms with Gasteiger partial charge >= 0.3 is 0 Å². The second-order valence-electron chi connectivity index (χ2n) is 7.43. The zero-order valence-corrected chi connectivity index (χ0v) is 17.8. The fourth-order valence-corrected chi connectivity index (χ4v) is 3.34. The summed E-state index contributed by atoms with van der Waals surface area (Å²) in [4.78, 5) is 23.8. The van der Waals surface area contributed by atoms with Gasteiger partial charge in [0.25, 0.3) is 5.91 Å². The summed E-state index contributed by atoms with van der Waals surface area (Å²) in [6.07, 6.45) is 3.52. The molecule has 0 aliphatic carbocycles. The molecule has 0 radical (unpaired) electrons. The second-order valence-corrected chi connectivity index (χ2v) is 7.43. The van der Waals surface area contributed by atoms with Crippen molar-refractivity contribution in [1.82, 2.24) is 15.3 Å². The minimum Gasteiger partial charge on any atom is -0.497 e. The van der Waals surface area contributed by atoms with Crippen molar-refractivity contribution in [2.24, 2.45) is 0 Å². The monoisotopic (exact) mass is 412 g/mol. The van der Waals surface area contributed by atoms with Gasteiger partial charge in [0.1, 0.15) is 11.4 Å².